The van der Waals surface area contributed by atoms with Gasteiger partial charge in [0.25, 0.3) is 0 Å². The number of rotatable bonds is 8. The van der Waals surface area contributed by atoms with Gasteiger partial charge in [-0.05, 0) is 80.1 Å². The molecular formula is C31H25ClN2O2S. The van der Waals surface area contributed by atoms with E-state index in [2.05, 4.69) is 11.5 Å². The van der Waals surface area contributed by atoms with Crippen LogP contribution >= 0.6 is 23.4 Å². The van der Waals surface area contributed by atoms with E-state index < -0.39 is 0 Å². The average Bonchev–Trinajstić information content (AvgIpc) is 3.24. The molecule has 5 rings (SSSR count). The van der Waals surface area contributed by atoms with Crippen molar-refractivity contribution in [2.75, 3.05) is 5.75 Å². The summed E-state index contributed by atoms with van der Waals surface area (Å²) in [7, 11) is 0. The molecule has 0 aliphatic carbocycles. The SMILES string of the molecule is CCn1c2ccc(C(=O)C(=N)CSc3ccc(Cl)cc3)cc2c2cc(C(=O)c3ccccc3C)ccc21. The van der Waals surface area contributed by atoms with Gasteiger partial charge in [-0.25, -0.2) is 0 Å². The molecule has 184 valence electrons. The summed E-state index contributed by atoms with van der Waals surface area (Å²) >= 11 is 7.38. The van der Waals surface area contributed by atoms with E-state index in [-0.39, 0.29) is 23.0 Å². The Morgan fingerprint density at radius 3 is 2.14 bits per heavy atom. The summed E-state index contributed by atoms with van der Waals surface area (Å²) in [5, 5.41) is 10.9. The van der Waals surface area contributed by atoms with Gasteiger partial charge in [-0.2, -0.15) is 0 Å². The van der Waals surface area contributed by atoms with Gasteiger partial charge in [0.05, 0.1) is 5.71 Å². The second-order valence-electron chi connectivity index (χ2n) is 8.90. The molecule has 4 aromatic carbocycles. The summed E-state index contributed by atoms with van der Waals surface area (Å²) in [4.78, 5) is 27.4. The highest BCUT2D eigenvalue weighted by Crippen LogP contribution is 2.32. The number of halogens is 1. The number of ketones is 2. The number of aromatic nitrogens is 1. The van der Waals surface area contributed by atoms with Crippen molar-refractivity contribution in [3.05, 3.63) is 112 Å². The molecule has 0 radical (unpaired) electrons. The molecule has 5 aromatic rings. The fourth-order valence-corrected chi connectivity index (χ4v) is 5.53. The number of benzene rings is 4. The predicted molar refractivity (Wildman–Crippen MR) is 154 cm³/mol. The highest BCUT2D eigenvalue weighted by Gasteiger charge is 2.18. The third-order valence-electron chi connectivity index (χ3n) is 6.57. The Kier molecular flexibility index (Phi) is 7.00. The van der Waals surface area contributed by atoms with Gasteiger partial charge in [0.15, 0.2) is 5.78 Å². The molecule has 0 saturated heterocycles. The minimum absolute atomic E-state index is 0.0226. The van der Waals surface area contributed by atoms with Crippen LogP contribution in [0.4, 0.5) is 0 Å². The lowest BCUT2D eigenvalue weighted by Gasteiger charge is -2.06. The zero-order valence-corrected chi connectivity index (χ0v) is 22.1. The Labute approximate surface area is 224 Å². The molecule has 0 aliphatic rings. The number of thioether (sulfide) groups is 1. The summed E-state index contributed by atoms with van der Waals surface area (Å²) in [6.07, 6.45) is 0. The molecule has 37 heavy (non-hydrogen) atoms. The Hall–Kier alpha value is -3.67. The third kappa shape index (κ3) is 4.85. The molecule has 0 unspecified atom stereocenters. The molecule has 0 atom stereocenters. The lowest BCUT2D eigenvalue weighted by molar-refractivity contribution is 0.103. The van der Waals surface area contributed by atoms with Crippen LogP contribution in [0, 0.1) is 12.3 Å². The maximum absolute atomic E-state index is 13.3. The first-order chi connectivity index (χ1) is 17.9. The van der Waals surface area contributed by atoms with Crippen LogP contribution in [0.15, 0.2) is 89.8 Å². The van der Waals surface area contributed by atoms with Crippen LogP contribution in [0.5, 0.6) is 0 Å². The van der Waals surface area contributed by atoms with Gasteiger partial charge >= 0.3 is 0 Å². The smallest absolute Gasteiger partial charge is 0.207 e. The van der Waals surface area contributed by atoms with Crippen molar-refractivity contribution in [3.8, 4) is 0 Å². The van der Waals surface area contributed by atoms with E-state index in [1.54, 1.807) is 18.2 Å². The fourth-order valence-electron chi connectivity index (χ4n) is 4.64. The van der Waals surface area contributed by atoms with Crippen LogP contribution in [0.2, 0.25) is 5.02 Å². The minimum Gasteiger partial charge on any atom is -0.341 e. The molecule has 4 nitrogen and oxygen atoms in total. The van der Waals surface area contributed by atoms with E-state index in [0.717, 1.165) is 38.8 Å². The zero-order valence-electron chi connectivity index (χ0n) is 20.5. The zero-order chi connectivity index (χ0) is 26.1. The number of aryl methyl sites for hydroxylation is 2. The largest absolute Gasteiger partial charge is 0.341 e. The van der Waals surface area contributed by atoms with Crippen molar-refractivity contribution in [1.29, 1.82) is 5.41 Å². The molecule has 0 aliphatic heterocycles. The van der Waals surface area contributed by atoms with E-state index in [4.69, 9.17) is 17.0 Å². The van der Waals surface area contributed by atoms with E-state index in [9.17, 15) is 9.59 Å². The van der Waals surface area contributed by atoms with Crippen molar-refractivity contribution in [2.24, 2.45) is 0 Å². The molecule has 6 heteroatoms. The van der Waals surface area contributed by atoms with E-state index >= 15 is 0 Å². The van der Waals surface area contributed by atoms with Gasteiger partial charge in [-0.15, -0.1) is 11.8 Å². The van der Waals surface area contributed by atoms with Crippen molar-refractivity contribution in [1.82, 2.24) is 4.57 Å². The van der Waals surface area contributed by atoms with Crippen molar-refractivity contribution in [3.63, 3.8) is 0 Å². The number of carbonyl (C=O) groups excluding carboxylic acids is 2. The number of fused-ring (bicyclic) bond motifs is 3. The van der Waals surface area contributed by atoms with Crippen molar-refractivity contribution >= 4 is 62.4 Å². The standard InChI is InChI=1S/C31H25ClN2O2S/c1-3-34-28-14-8-20(30(35)24-7-5-4-6-19(24)2)16-25(28)26-17-21(9-15-29(26)34)31(36)27(33)18-37-23-12-10-22(32)11-13-23/h4-17,33H,3,18H2,1-2H3. The maximum Gasteiger partial charge on any atom is 0.207 e. The third-order valence-corrected chi connectivity index (χ3v) is 7.86. The van der Waals surface area contributed by atoms with Gasteiger partial charge in [-0.1, -0.05) is 35.9 Å². The second kappa shape index (κ2) is 10.4. The highest BCUT2D eigenvalue weighted by atomic mass is 35.5. The van der Waals surface area contributed by atoms with Crippen LogP contribution in [0.25, 0.3) is 21.8 Å². The van der Waals surface area contributed by atoms with Gasteiger partial charge in [0.1, 0.15) is 0 Å². The molecule has 1 N–H and O–H groups in total. The van der Waals surface area contributed by atoms with E-state index in [1.165, 1.54) is 11.8 Å². The number of hydrogen-bond acceptors (Lipinski definition) is 4. The summed E-state index contributed by atoms with van der Waals surface area (Å²) in [6, 6.07) is 26.3. The Bertz CT molecular complexity index is 1690. The molecule has 0 saturated carbocycles. The van der Waals surface area contributed by atoms with E-state index in [1.807, 2.05) is 73.7 Å². The Balaban J connectivity index is 1.50. The van der Waals surface area contributed by atoms with E-state index in [0.29, 0.717) is 21.7 Å². The summed E-state index contributed by atoms with van der Waals surface area (Å²) in [6.45, 7) is 4.77. The summed E-state index contributed by atoms with van der Waals surface area (Å²) < 4.78 is 2.18. The van der Waals surface area contributed by atoms with Crippen LogP contribution in [-0.4, -0.2) is 27.6 Å². The quantitative estimate of drug-likeness (QED) is 0.127. The molecule has 0 amide bonds. The van der Waals surface area contributed by atoms with Crippen LogP contribution in [-0.2, 0) is 6.54 Å². The molecule has 0 spiro atoms. The summed E-state index contributed by atoms with van der Waals surface area (Å²) in [5.74, 6) is -0.0526. The first-order valence-electron chi connectivity index (χ1n) is 12.0. The van der Waals surface area contributed by atoms with Gasteiger partial charge < -0.3 is 9.98 Å². The number of carbonyl (C=O) groups is 2. The normalized spacial score (nSPS) is 11.2. The van der Waals surface area contributed by atoms with Crippen molar-refractivity contribution in [2.45, 2.75) is 25.3 Å². The molecule has 0 fully saturated rings. The number of hydrogen-bond donors (Lipinski definition) is 1. The van der Waals surface area contributed by atoms with Gasteiger partial charge in [0.2, 0.25) is 5.78 Å². The first kappa shape index (κ1) is 25.0. The second-order valence-corrected chi connectivity index (χ2v) is 10.4. The maximum atomic E-state index is 13.3. The molecular weight excluding hydrogens is 500 g/mol. The van der Waals surface area contributed by atoms with Crippen molar-refractivity contribution < 1.29 is 9.59 Å². The number of Topliss-reactive ketones (excluding diaryl/α,β-unsaturated/α-hetero) is 1. The summed E-state index contributed by atoms with van der Waals surface area (Å²) in [5.41, 5.74) is 4.75. The Morgan fingerprint density at radius 2 is 1.49 bits per heavy atom. The lowest BCUT2D eigenvalue weighted by Crippen LogP contribution is -2.15. The van der Waals surface area contributed by atoms with Crippen LogP contribution < -0.4 is 0 Å². The topological polar surface area (TPSA) is 62.9 Å². The lowest BCUT2D eigenvalue weighted by atomic mass is 9.97. The van der Waals surface area contributed by atoms with Crippen LogP contribution in [0.3, 0.4) is 0 Å². The van der Waals surface area contributed by atoms with Gasteiger partial charge in [0, 0.05) is 60.7 Å². The molecule has 1 heterocycles. The number of nitrogens with one attached hydrogen (secondary N) is 1. The predicted octanol–water partition coefficient (Wildman–Crippen LogP) is 8.00. The Morgan fingerprint density at radius 1 is 0.865 bits per heavy atom. The molecule has 0 bridgehead atoms. The average molecular weight is 525 g/mol. The monoisotopic (exact) mass is 524 g/mol. The fraction of sp³-hybridized carbons (Fsp3) is 0.129. The van der Waals surface area contributed by atoms with Crippen LogP contribution in [0.1, 0.15) is 38.8 Å². The highest BCUT2D eigenvalue weighted by molar-refractivity contribution is 8.00. The van der Waals surface area contributed by atoms with Gasteiger partial charge in [-0.3, -0.25) is 9.59 Å². The molecule has 1 aromatic heterocycles. The minimum atomic E-state index is -0.298. The number of nitrogens with zero attached hydrogens (tertiary/aromatic N) is 1. The first-order valence-corrected chi connectivity index (χ1v) is 13.4.